The number of benzene rings is 2. The lowest BCUT2D eigenvalue weighted by Gasteiger charge is -2.35. The molecule has 3 rings (SSSR count). The van der Waals surface area contributed by atoms with Crippen molar-refractivity contribution >= 4 is 29.3 Å². The molecule has 0 unspecified atom stereocenters. The van der Waals surface area contributed by atoms with E-state index in [0.29, 0.717) is 5.75 Å². The van der Waals surface area contributed by atoms with E-state index in [1.165, 1.54) is 28.5 Å². The van der Waals surface area contributed by atoms with Crippen LogP contribution >= 0.6 is 11.8 Å². The zero-order chi connectivity index (χ0) is 21.5. The maximum atomic E-state index is 12.5. The van der Waals surface area contributed by atoms with Gasteiger partial charge >= 0.3 is 0 Å². The number of nitrogens with zero attached hydrogens (tertiary/aromatic N) is 2. The fraction of sp³-hybridized carbons (Fsp3) is 0.417. The van der Waals surface area contributed by atoms with E-state index in [4.69, 9.17) is 0 Å². The monoisotopic (exact) mass is 425 g/mol. The van der Waals surface area contributed by atoms with Gasteiger partial charge in [-0.3, -0.25) is 14.5 Å². The largest absolute Gasteiger partial charge is 0.339 e. The minimum absolute atomic E-state index is 0.0668. The molecule has 1 saturated heterocycles. The van der Waals surface area contributed by atoms with E-state index < -0.39 is 0 Å². The number of carbonyl (C=O) groups excluding carboxylic acids is 2. The standard InChI is InChI=1S/C24H31N3O2S/c1-18-8-9-22(20(3)14-18)25-23(28)16-30-17-24(29)27-12-10-26(11-13-27)15-21-7-5-4-6-19(21)2/h4-9,14H,10-13,15-17H2,1-3H3,(H,25,28). The molecular weight excluding hydrogens is 394 g/mol. The van der Waals surface area contributed by atoms with Gasteiger partial charge < -0.3 is 10.2 Å². The molecule has 2 amide bonds. The van der Waals surface area contributed by atoms with Crippen molar-refractivity contribution in [1.82, 2.24) is 9.80 Å². The van der Waals surface area contributed by atoms with Crippen molar-refractivity contribution in [3.8, 4) is 0 Å². The number of nitrogens with one attached hydrogen (secondary N) is 1. The van der Waals surface area contributed by atoms with Crippen LogP contribution in [0.5, 0.6) is 0 Å². The predicted octanol–water partition coefficient (Wildman–Crippen LogP) is 3.63. The molecule has 0 radical (unpaired) electrons. The number of aryl methyl sites for hydroxylation is 3. The van der Waals surface area contributed by atoms with Gasteiger partial charge in [0.25, 0.3) is 0 Å². The van der Waals surface area contributed by atoms with Crippen molar-refractivity contribution in [3.63, 3.8) is 0 Å². The summed E-state index contributed by atoms with van der Waals surface area (Å²) in [6, 6.07) is 14.4. The summed E-state index contributed by atoms with van der Waals surface area (Å²) in [5, 5.41) is 2.93. The van der Waals surface area contributed by atoms with Gasteiger partial charge in [0.2, 0.25) is 11.8 Å². The number of hydrogen-bond donors (Lipinski definition) is 1. The molecule has 1 aliphatic heterocycles. The van der Waals surface area contributed by atoms with Gasteiger partial charge in [0.1, 0.15) is 0 Å². The van der Waals surface area contributed by atoms with Gasteiger partial charge in [-0.2, -0.15) is 0 Å². The second-order valence-corrected chi connectivity index (χ2v) is 8.93. The first-order valence-electron chi connectivity index (χ1n) is 10.4. The third-order valence-electron chi connectivity index (χ3n) is 5.49. The molecule has 0 atom stereocenters. The average Bonchev–Trinajstić information content (AvgIpc) is 2.72. The van der Waals surface area contributed by atoms with Gasteiger partial charge in [-0.25, -0.2) is 0 Å². The zero-order valence-corrected chi connectivity index (χ0v) is 18.9. The molecule has 1 N–H and O–H groups in total. The first kappa shape index (κ1) is 22.4. The molecule has 0 bridgehead atoms. The summed E-state index contributed by atoms with van der Waals surface area (Å²) in [4.78, 5) is 29.0. The lowest BCUT2D eigenvalue weighted by molar-refractivity contribution is -0.130. The second kappa shape index (κ2) is 10.6. The number of anilines is 1. The first-order chi connectivity index (χ1) is 14.4. The smallest absolute Gasteiger partial charge is 0.234 e. The lowest BCUT2D eigenvalue weighted by Crippen LogP contribution is -2.48. The van der Waals surface area contributed by atoms with Crippen LogP contribution in [0.1, 0.15) is 22.3 Å². The molecule has 6 heteroatoms. The average molecular weight is 426 g/mol. The topological polar surface area (TPSA) is 52.7 Å². The van der Waals surface area contributed by atoms with E-state index in [9.17, 15) is 9.59 Å². The predicted molar refractivity (Wildman–Crippen MR) is 125 cm³/mol. The van der Waals surface area contributed by atoms with Gasteiger partial charge in [-0.1, -0.05) is 42.0 Å². The number of carbonyl (C=O) groups is 2. The zero-order valence-electron chi connectivity index (χ0n) is 18.1. The van der Waals surface area contributed by atoms with Crippen molar-refractivity contribution in [3.05, 3.63) is 64.7 Å². The van der Waals surface area contributed by atoms with E-state index >= 15 is 0 Å². The van der Waals surface area contributed by atoms with Crippen LogP contribution in [0.3, 0.4) is 0 Å². The summed E-state index contributed by atoms with van der Waals surface area (Å²) < 4.78 is 0. The lowest BCUT2D eigenvalue weighted by atomic mass is 10.1. The summed E-state index contributed by atoms with van der Waals surface area (Å²) in [6.07, 6.45) is 0. The number of piperazine rings is 1. The van der Waals surface area contributed by atoms with Crippen LogP contribution in [-0.4, -0.2) is 59.3 Å². The quantitative estimate of drug-likeness (QED) is 0.736. The van der Waals surface area contributed by atoms with Crippen LogP contribution in [0.25, 0.3) is 0 Å². The molecule has 30 heavy (non-hydrogen) atoms. The molecule has 2 aromatic rings. The minimum atomic E-state index is -0.0668. The third-order valence-corrected chi connectivity index (χ3v) is 6.41. The van der Waals surface area contributed by atoms with Crippen LogP contribution in [-0.2, 0) is 16.1 Å². The molecule has 160 valence electrons. The highest BCUT2D eigenvalue weighted by molar-refractivity contribution is 8.00. The number of hydrogen-bond acceptors (Lipinski definition) is 4. The second-order valence-electron chi connectivity index (χ2n) is 7.94. The highest BCUT2D eigenvalue weighted by atomic mass is 32.2. The highest BCUT2D eigenvalue weighted by Crippen LogP contribution is 2.17. The van der Waals surface area contributed by atoms with E-state index in [2.05, 4.69) is 41.4 Å². The van der Waals surface area contributed by atoms with E-state index in [1.54, 1.807) is 0 Å². The maximum absolute atomic E-state index is 12.5. The van der Waals surface area contributed by atoms with Crippen molar-refractivity contribution in [2.24, 2.45) is 0 Å². The van der Waals surface area contributed by atoms with Gasteiger partial charge in [-0.05, 0) is 43.5 Å². The number of thioether (sulfide) groups is 1. The van der Waals surface area contributed by atoms with Crippen LogP contribution in [0.15, 0.2) is 42.5 Å². The van der Waals surface area contributed by atoms with Gasteiger partial charge in [-0.15, -0.1) is 11.8 Å². The Morgan fingerprint density at radius 2 is 1.67 bits per heavy atom. The Morgan fingerprint density at radius 3 is 2.37 bits per heavy atom. The SMILES string of the molecule is Cc1ccc(NC(=O)CSCC(=O)N2CCN(Cc3ccccc3C)CC2)c(C)c1. The molecule has 0 aliphatic carbocycles. The van der Waals surface area contributed by atoms with Gasteiger partial charge in [0.15, 0.2) is 0 Å². The molecular formula is C24H31N3O2S. The van der Waals surface area contributed by atoms with Crippen LogP contribution in [0, 0.1) is 20.8 Å². The fourth-order valence-electron chi connectivity index (χ4n) is 3.65. The Morgan fingerprint density at radius 1 is 0.933 bits per heavy atom. The molecule has 1 heterocycles. The highest BCUT2D eigenvalue weighted by Gasteiger charge is 2.21. The van der Waals surface area contributed by atoms with Crippen LogP contribution in [0.2, 0.25) is 0 Å². The summed E-state index contributed by atoms with van der Waals surface area (Å²) in [5.74, 6) is 0.683. The summed E-state index contributed by atoms with van der Waals surface area (Å²) in [7, 11) is 0. The third kappa shape index (κ3) is 6.34. The molecule has 0 spiro atoms. The van der Waals surface area contributed by atoms with Crippen molar-refractivity contribution in [2.75, 3.05) is 43.0 Å². The Labute approximate surface area is 183 Å². The molecule has 0 saturated carbocycles. The summed E-state index contributed by atoms with van der Waals surface area (Å²) in [6.45, 7) is 10.4. The van der Waals surface area contributed by atoms with E-state index in [-0.39, 0.29) is 17.6 Å². The minimum Gasteiger partial charge on any atom is -0.339 e. The van der Waals surface area contributed by atoms with E-state index in [1.807, 2.05) is 36.9 Å². The van der Waals surface area contributed by atoms with Gasteiger partial charge in [0, 0.05) is 38.4 Å². The Bertz CT molecular complexity index is 892. The number of amides is 2. The van der Waals surface area contributed by atoms with Crippen LogP contribution in [0.4, 0.5) is 5.69 Å². The Kier molecular flexibility index (Phi) is 7.94. The molecule has 1 aliphatic rings. The Hall–Kier alpha value is -2.31. The summed E-state index contributed by atoms with van der Waals surface area (Å²) >= 11 is 1.38. The Balaban J connectivity index is 1.36. The molecule has 1 fully saturated rings. The molecule has 2 aromatic carbocycles. The summed E-state index contributed by atoms with van der Waals surface area (Å²) in [5.41, 5.74) is 5.72. The number of rotatable bonds is 7. The molecule has 5 nitrogen and oxygen atoms in total. The van der Waals surface area contributed by atoms with Crippen molar-refractivity contribution in [1.29, 1.82) is 0 Å². The van der Waals surface area contributed by atoms with E-state index in [0.717, 1.165) is 44.0 Å². The van der Waals surface area contributed by atoms with Crippen molar-refractivity contribution < 1.29 is 9.59 Å². The fourth-order valence-corrected chi connectivity index (χ4v) is 4.36. The van der Waals surface area contributed by atoms with Crippen molar-refractivity contribution in [2.45, 2.75) is 27.3 Å². The first-order valence-corrected chi connectivity index (χ1v) is 11.6. The van der Waals surface area contributed by atoms with Crippen LogP contribution < -0.4 is 5.32 Å². The molecule has 0 aromatic heterocycles. The normalized spacial score (nSPS) is 14.6. The van der Waals surface area contributed by atoms with Gasteiger partial charge in [0.05, 0.1) is 11.5 Å². The maximum Gasteiger partial charge on any atom is 0.234 e.